The van der Waals surface area contributed by atoms with Crippen molar-refractivity contribution in [2.75, 3.05) is 13.2 Å². The fourth-order valence-corrected chi connectivity index (χ4v) is 1.80. The van der Waals surface area contributed by atoms with Crippen LogP contribution in [0.4, 0.5) is 0 Å². The summed E-state index contributed by atoms with van der Waals surface area (Å²) in [4.78, 5) is 11.5. The van der Waals surface area contributed by atoms with Crippen molar-refractivity contribution in [1.82, 2.24) is 5.32 Å². The average molecular weight is 316 g/mol. The highest BCUT2D eigenvalue weighted by atomic mass is 79.9. The summed E-state index contributed by atoms with van der Waals surface area (Å²) in [5.74, 6) is 0.402. The van der Waals surface area contributed by atoms with E-state index in [1.807, 2.05) is 19.1 Å². The lowest BCUT2D eigenvalue weighted by Crippen LogP contribution is -2.35. The van der Waals surface area contributed by atoms with Gasteiger partial charge < -0.3 is 15.2 Å². The van der Waals surface area contributed by atoms with Gasteiger partial charge in [0.2, 0.25) is 0 Å². The fraction of sp³-hybridized carbons (Fsp3) is 0.462. The Morgan fingerprint density at radius 2 is 2.33 bits per heavy atom. The lowest BCUT2D eigenvalue weighted by Gasteiger charge is -2.11. The molecule has 0 aliphatic heterocycles. The van der Waals surface area contributed by atoms with Gasteiger partial charge in [-0.2, -0.15) is 0 Å². The normalized spacial score (nSPS) is 11.9. The van der Waals surface area contributed by atoms with Gasteiger partial charge in [-0.05, 0) is 24.6 Å². The minimum Gasteiger partial charge on any atom is -0.484 e. The van der Waals surface area contributed by atoms with Crippen molar-refractivity contribution in [3.8, 4) is 5.75 Å². The number of carbonyl (C=O) groups excluding carboxylic acids is 1. The van der Waals surface area contributed by atoms with E-state index in [1.165, 1.54) is 0 Å². The summed E-state index contributed by atoms with van der Waals surface area (Å²) in [6.45, 7) is 2.21. The van der Waals surface area contributed by atoms with Crippen LogP contribution in [0.25, 0.3) is 0 Å². The second kappa shape index (κ2) is 8.11. The Balaban J connectivity index is 2.25. The van der Waals surface area contributed by atoms with E-state index < -0.39 is 6.10 Å². The summed E-state index contributed by atoms with van der Waals surface area (Å²) >= 11 is 3.32. The number of halogens is 1. The minimum absolute atomic E-state index is 0.0463. The van der Waals surface area contributed by atoms with Gasteiger partial charge in [0.15, 0.2) is 6.61 Å². The number of benzene rings is 1. The van der Waals surface area contributed by atoms with Crippen LogP contribution in [-0.4, -0.2) is 30.3 Å². The molecule has 1 rings (SSSR count). The number of nitrogens with one attached hydrogen (secondary N) is 1. The maximum atomic E-state index is 11.5. The van der Waals surface area contributed by atoms with Gasteiger partial charge in [0.25, 0.3) is 5.91 Å². The molecule has 0 aliphatic rings. The summed E-state index contributed by atoms with van der Waals surface area (Å²) in [6.07, 6.45) is 1.10. The molecule has 100 valence electrons. The Morgan fingerprint density at radius 3 is 3.00 bits per heavy atom. The Kier molecular flexibility index (Phi) is 6.75. The highest BCUT2D eigenvalue weighted by Gasteiger charge is 2.06. The molecule has 0 fully saturated rings. The highest BCUT2D eigenvalue weighted by Crippen LogP contribution is 2.17. The van der Waals surface area contributed by atoms with Crippen molar-refractivity contribution >= 4 is 21.8 Å². The second-order valence-corrected chi connectivity index (χ2v) is 4.91. The molecule has 1 amide bonds. The predicted molar refractivity (Wildman–Crippen MR) is 73.6 cm³/mol. The van der Waals surface area contributed by atoms with Crippen LogP contribution in [0.2, 0.25) is 0 Å². The summed E-state index contributed by atoms with van der Waals surface area (Å²) < 4.78 is 6.22. The third-order valence-electron chi connectivity index (χ3n) is 2.32. The van der Waals surface area contributed by atoms with Crippen LogP contribution in [0.1, 0.15) is 19.8 Å². The van der Waals surface area contributed by atoms with Crippen LogP contribution < -0.4 is 10.1 Å². The maximum Gasteiger partial charge on any atom is 0.258 e. The molecule has 2 N–H and O–H groups in total. The SMILES string of the molecule is CCCC(O)CNC(=O)COc1cccc(Br)c1. The van der Waals surface area contributed by atoms with Gasteiger partial charge >= 0.3 is 0 Å². The van der Waals surface area contributed by atoms with Crippen molar-refractivity contribution < 1.29 is 14.6 Å². The van der Waals surface area contributed by atoms with E-state index in [1.54, 1.807) is 12.1 Å². The number of amides is 1. The average Bonchev–Trinajstić information content (AvgIpc) is 2.34. The van der Waals surface area contributed by atoms with E-state index in [2.05, 4.69) is 21.2 Å². The quantitative estimate of drug-likeness (QED) is 0.810. The first-order valence-corrected chi connectivity index (χ1v) is 6.74. The molecule has 0 heterocycles. The van der Waals surface area contributed by atoms with Gasteiger partial charge in [-0.1, -0.05) is 35.3 Å². The number of ether oxygens (including phenoxy) is 1. The monoisotopic (exact) mass is 315 g/mol. The van der Waals surface area contributed by atoms with Gasteiger partial charge in [-0.3, -0.25) is 4.79 Å². The third-order valence-corrected chi connectivity index (χ3v) is 2.82. The van der Waals surface area contributed by atoms with Crippen molar-refractivity contribution in [1.29, 1.82) is 0 Å². The molecule has 0 aromatic heterocycles. The number of aliphatic hydroxyl groups is 1. The van der Waals surface area contributed by atoms with Crippen LogP contribution >= 0.6 is 15.9 Å². The van der Waals surface area contributed by atoms with Crippen molar-refractivity contribution in [2.24, 2.45) is 0 Å². The zero-order valence-electron chi connectivity index (χ0n) is 10.4. The molecule has 0 aliphatic carbocycles. The van der Waals surface area contributed by atoms with E-state index in [-0.39, 0.29) is 19.1 Å². The zero-order valence-corrected chi connectivity index (χ0v) is 11.9. The summed E-state index contributed by atoms with van der Waals surface area (Å²) in [5.41, 5.74) is 0. The lowest BCUT2D eigenvalue weighted by molar-refractivity contribution is -0.123. The Morgan fingerprint density at radius 1 is 1.56 bits per heavy atom. The number of hydrogen-bond donors (Lipinski definition) is 2. The standard InChI is InChI=1S/C13H18BrNO3/c1-2-4-11(16)8-15-13(17)9-18-12-6-3-5-10(14)7-12/h3,5-7,11,16H,2,4,8-9H2,1H3,(H,15,17). The third kappa shape index (κ3) is 6.02. The number of rotatable bonds is 7. The van der Waals surface area contributed by atoms with Gasteiger partial charge in [0.1, 0.15) is 5.75 Å². The molecule has 1 unspecified atom stereocenters. The molecule has 1 aromatic rings. The van der Waals surface area contributed by atoms with E-state index >= 15 is 0 Å². The molecule has 18 heavy (non-hydrogen) atoms. The zero-order chi connectivity index (χ0) is 13.4. The van der Waals surface area contributed by atoms with E-state index in [0.717, 1.165) is 10.9 Å². The lowest BCUT2D eigenvalue weighted by atomic mass is 10.2. The van der Waals surface area contributed by atoms with Crippen LogP contribution in [0, 0.1) is 0 Å². The van der Waals surface area contributed by atoms with Crippen LogP contribution in [0.5, 0.6) is 5.75 Å². The van der Waals surface area contributed by atoms with Crippen molar-refractivity contribution in [3.05, 3.63) is 28.7 Å². The molecule has 0 bridgehead atoms. The number of hydrogen-bond acceptors (Lipinski definition) is 3. The maximum absolute atomic E-state index is 11.5. The van der Waals surface area contributed by atoms with Crippen LogP contribution in [0.15, 0.2) is 28.7 Å². The van der Waals surface area contributed by atoms with Crippen molar-refractivity contribution in [2.45, 2.75) is 25.9 Å². The summed E-state index contributed by atoms with van der Waals surface area (Å²) in [5, 5.41) is 12.1. The fourth-order valence-electron chi connectivity index (χ4n) is 1.42. The molecule has 4 nitrogen and oxygen atoms in total. The summed E-state index contributed by atoms with van der Waals surface area (Å²) in [7, 11) is 0. The Hall–Kier alpha value is -1.07. The van der Waals surface area contributed by atoms with Gasteiger partial charge in [0.05, 0.1) is 6.10 Å². The molecule has 1 atom stereocenters. The topological polar surface area (TPSA) is 58.6 Å². The minimum atomic E-state index is -0.482. The van der Waals surface area contributed by atoms with Crippen LogP contribution in [-0.2, 0) is 4.79 Å². The molecular formula is C13H18BrNO3. The van der Waals surface area contributed by atoms with E-state index in [0.29, 0.717) is 12.2 Å². The smallest absolute Gasteiger partial charge is 0.258 e. The van der Waals surface area contributed by atoms with Gasteiger partial charge in [-0.25, -0.2) is 0 Å². The predicted octanol–water partition coefficient (Wildman–Crippen LogP) is 2.11. The van der Waals surface area contributed by atoms with Crippen molar-refractivity contribution in [3.63, 3.8) is 0 Å². The molecule has 0 radical (unpaired) electrons. The largest absolute Gasteiger partial charge is 0.484 e. The first-order chi connectivity index (χ1) is 8.61. The number of carbonyl (C=O) groups is 1. The first kappa shape index (κ1) is 15.0. The first-order valence-electron chi connectivity index (χ1n) is 5.95. The molecule has 0 spiro atoms. The van der Waals surface area contributed by atoms with E-state index in [4.69, 9.17) is 4.74 Å². The molecule has 0 saturated carbocycles. The molecule has 0 saturated heterocycles. The Bertz CT molecular complexity index is 384. The van der Waals surface area contributed by atoms with E-state index in [9.17, 15) is 9.90 Å². The molecule has 1 aromatic carbocycles. The Labute approximate surface area is 115 Å². The highest BCUT2D eigenvalue weighted by molar-refractivity contribution is 9.10. The second-order valence-electron chi connectivity index (χ2n) is 3.99. The number of aliphatic hydroxyl groups excluding tert-OH is 1. The van der Waals surface area contributed by atoms with Crippen LogP contribution in [0.3, 0.4) is 0 Å². The molecular weight excluding hydrogens is 298 g/mol. The molecule has 5 heteroatoms. The van der Waals surface area contributed by atoms with Gasteiger partial charge in [0, 0.05) is 11.0 Å². The van der Waals surface area contributed by atoms with Gasteiger partial charge in [-0.15, -0.1) is 0 Å². The summed E-state index contributed by atoms with van der Waals surface area (Å²) in [6, 6.07) is 7.29.